The van der Waals surface area contributed by atoms with Crippen LogP contribution in [0, 0.1) is 6.92 Å². The van der Waals surface area contributed by atoms with Crippen LogP contribution in [0.25, 0.3) is 0 Å². The largest absolute Gasteiger partial charge is 0.493 e. The van der Waals surface area contributed by atoms with Gasteiger partial charge >= 0.3 is 0 Å². The summed E-state index contributed by atoms with van der Waals surface area (Å²) in [6, 6.07) is 10.0. The zero-order valence-corrected chi connectivity index (χ0v) is 16.4. The standard InChI is InChI=1S/C19H23NO5S/c1-13-6-8-15(26(5,22)23)11-16(13)19(21)20(2)12-14-7-9-17(24-3)18(10-14)25-4/h6-11H,12H2,1-5H3. The maximum atomic E-state index is 12.8. The summed E-state index contributed by atoms with van der Waals surface area (Å²) >= 11 is 0. The maximum absolute atomic E-state index is 12.8. The summed E-state index contributed by atoms with van der Waals surface area (Å²) in [5.74, 6) is 0.950. The molecule has 0 aromatic heterocycles. The molecule has 0 bridgehead atoms. The number of sulfone groups is 1. The highest BCUT2D eigenvalue weighted by molar-refractivity contribution is 7.90. The summed E-state index contributed by atoms with van der Waals surface area (Å²) in [5.41, 5.74) is 1.97. The molecule has 0 saturated heterocycles. The van der Waals surface area contributed by atoms with Crippen LogP contribution in [0.3, 0.4) is 0 Å². The average Bonchev–Trinajstić information content (AvgIpc) is 2.60. The van der Waals surface area contributed by atoms with Crippen LogP contribution < -0.4 is 9.47 Å². The van der Waals surface area contributed by atoms with Crippen LogP contribution in [0.15, 0.2) is 41.3 Å². The molecule has 0 aliphatic carbocycles. The summed E-state index contributed by atoms with van der Waals surface area (Å²) in [5, 5.41) is 0. The van der Waals surface area contributed by atoms with Crippen molar-refractivity contribution in [3.8, 4) is 11.5 Å². The van der Waals surface area contributed by atoms with Crippen molar-refractivity contribution in [2.24, 2.45) is 0 Å². The Kier molecular flexibility index (Phi) is 5.92. The number of nitrogens with zero attached hydrogens (tertiary/aromatic N) is 1. The molecule has 1 amide bonds. The predicted octanol–water partition coefficient (Wildman–Crippen LogP) is 2.69. The third-order valence-electron chi connectivity index (χ3n) is 4.08. The van der Waals surface area contributed by atoms with E-state index in [1.807, 2.05) is 12.1 Å². The highest BCUT2D eigenvalue weighted by Gasteiger charge is 2.18. The second-order valence-corrected chi connectivity index (χ2v) is 8.12. The van der Waals surface area contributed by atoms with E-state index >= 15 is 0 Å². The van der Waals surface area contributed by atoms with Crippen molar-refractivity contribution in [3.63, 3.8) is 0 Å². The van der Waals surface area contributed by atoms with E-state index in [9.17, 15) is 13.2 Å². The third-order valence-corrected chi connectivity index (χ3v) is 5.19. The van der Waals surface area contributed by atoms with Gasteiger partial charge in [-0.1, -0.05) is 12.1 Å². The van der Waals surface area contributed by atoms with Gasteiger partial charge in [-0.25, -0.2) is 8.42 Å². The van der Waals surface area contributed by atoms with Crippen LogP contribution in [0.4, 0.5) is 0 Å². The number of hydrogen-bond acceptors (Lipinski definition) is 5. The lowest BCUT2D eigenvalue weighted by molar-refractivity contribution is 0.0784. The van der Waals surface area contributed by atoms with Gasteiger partial charge < -0.3 is 14.4 Å². The molecule has 2 rings (SSSR count). The number of hydrogen-bond donors (Lipinski definition) is 0. The Labute approximate surface area is 154 Å². The molecule has 140 valence electrons. The first kappa shape index (κ1) is 19.8. The second kappa shape index (κ2) is 7.78. The fraction of sp³-hybridized carbons (Fsp3) is 0.316. The van der Waals surface area contributed by atoms with Crippen molar-refractivity contribution >= 4 is 15.7 Å². The Hall–Kier alpha value is -2.54. The molecule has 0 spiro atoms. The van der Waals surface area contributed by atoms with E-state index in [0.29, 0.717) is 23.6 Å². The molecule has 7 heteroatoms. The molecule has 2 aromatic rings. The van der Waals surface area contributed by atoms with Crippen LogP contribution in [-0.2, 0) is 16.4 Å². The first-order valence-electron chi connectivity index (χ1n) is 7.94. The number of methoxy groups -OCH3 is 2. The molecule has 0 unspecified atom stereocenters. The first-order chi connectivity index (χ1) is 12.2. The van der Waals surface area contributed by atoms with Crippen molar-refractivity contribution in [2.75, 3.05) is 27.5 Å². The molecule has 0 N–H and O–H groups in total. The van der Waals surface area contributed by atoms with Gasteiger partial charge in [0.25, 0.3) is 5.91 Å². The van der Waals surface area contributed by atoms with Crippen LogP contribution in [0.1, 0.15) is 21.5 Å². The highest BCUT2D eigenvalue weighted by atomic mass is 32.2. The van der Waals surface area contributed by atoms with E-state index in [4.69, 9.17) is 9.47 Å². The number of ether oxygens (including phenoxy) is 2. The van der Waals surface area contributed by atoms with Crippen molar-refractivity contribution in [1.29, 1.82) is 0 Å². The number of rotatable bonds is 6. The molecule has 2 aromatic carbocycles. The number of amides is 1. The van der Waals surface area contributed by atoms with E-state index < -0.39 is 9.84 Å². The number of carbonyl (C=O) groups is 1. The number of benzene rings is 2. The van der Waals surface area contributed by atoms with E-state index in [0.717, 1.165) is 17.4 Å². The Morgan fingerprint density at radius 2 is 1.69 bits per heavy atom. The van der Waals surface area contributed by atoms with Gasteiger partial charge in [-0.2, -0.15) is 0 Å². The summed E-state index contributed by atoms with van der Waals surface area (Å²) in [6.07, 6.45) is 1.12. The predicted molar refractivity (Wildman–Crippen MR) is 99.6 cm³/mol. The fourth-order valence-electron chi connectivity index (χ4n) is 2.59. The molecule has 0 radical (unpaired) electrons. The second-order valence-electron chi connectivity index (χ2n) is 6.10. The normalized spacial score (nSPS) is 11.1. The van der Waals surface area contributed by atoms with Crippen molar-refractivity contribution < 1.29 is 22.7 Å². The Balaban J connectivity index is 2.28. The minimum atomic E-state index is -3.38. The smallest absolute Gasteiger partial charge is 0.254 e. The molecule has 0 aliphatic rings. The molecule has 0 heterocycles. The summed E-state index contributed by atoms with van der Waals surface area (Å²) in [4.78, 5) is 14.5. The minimum Gasteiger partial charge on any atom is -0.493 e. The van der Waals surface area contributed by atoms with Crippen molar-refractivity contribution in [1.82, 2.24) is 4.90 Å². The fourth-order valence-corrected chi connectivity index (χ4v) is 3.24. The number of aryl methyl sites for hydroxylation is 1. The number of carbonyl (C=O) groups excluding carboxylic acids is 1. The Morgan fingerprint density at radius 3 is 2.27 bits per heavy atom. The topological polar surface area (TPSA) is 72.9 Å². The van der Waals surface area contributed by atoms with Crippen LogP contribution in [-0.4, -0.2) is 46.7 Å². The lowest BCUT2D eigenvalue weighted by Gasteiger charge is -2.20. The summed E-state index contributed by atoms with van der Waals surface area (Å²) in [7, 11) is 1.41. The van der Waals surface area contributed by atoms with Gasteiger partial charge in [-0.15, -0.1) is 0 Å². The molecule has 6 nitrogen and oxygen atoms in total. The molecular formula is C19H23NO5S. The lowest BCUT2D eigenvalue weighted by Crippen LogP contribution is -2.27. The van der Waals surface area contributed by atoms with Gasteiger partial charge in [-0.05, 0) is 42.3 Å². The SMILES string of the molecule is COc1ccc(CN(C)C(=O)c2cc(S(C)(=O)=O)ccc2C)cc1OC. The lowest BCUT2D eigenvalue weighted by atomic mass is 10.1. The van der Waals surface area contributed by atoms with Gasteiger partial charge in [0, 0.05) is 25.4 Å². The maximum Gasteiger partial charge on any atom is 0.254 e. The van der Waals surface area contributed by atoms with Crippen LogP contribution in [0.5, 0.6) is 11.5 Å². The molecule has 0 fully saturated rings. The summed E-state index contributed by atoms with van der Waals surface area (Å²) in [6.45, 7) is 2.13. The zero-order chi connectivity index (χ0) is 19.5. The molecule has 0 atom stereocenters. The van der Waals surface area contributed by atoms with Crippen molar-refractivity contribution in [3.05, 3.63) is 53.1 Å². The molecular weight excluding hydrogens is 354 g/mol. The van der Waals surface area contributed by atoms with Crippen LogP contribution in [0.2, 0.25) is 0 Å². The highest BCUT2D eigenvalue weighted by Crippen LogP contribution is 2.28. The third kappa shape index (κ3) is 4.35. The molecule has 0 saturated carbocycles. The van der Waals surface area contributed by atoms with Crippen LogP contribution >= 0.6 is 0 Å². The van der Waals surface area contributed by atoms with E-state index in [1.54, 1.807) is 40.3 Å². The van der Waals surface area contributed by atoms with Crippen molar-refractivity contribution in [2.45, 2.75) is 18.4 Å². The molecule has 26 heavy (non-hydrogen) atoms. The quantitative estimate of drug-likeness (QED) is 0.774. The van der Waals surface area contributed by atoms with Gasteiger partial charge in [0.2, 0.25) is 0 Å². The molecule has 0 aliphatic heterocycles. The van der Waals surface area contributed by atoms with E-state index in [-0.39, 0.29) is 10.8 Å². The Morgan fingerprint density at radius 1 is 1.04 bits per heavy atom. The Bertz CT molecular complexity index is 922. The van der Waals surface area contributed by atoms with Gasteiger partial charge in [0.1, 0.15) is 0 Å². The first-order valence-corrected chi connectivity index (χ1v) is 9.83. The van der Waals surface area contributed by atoms with E-state index in [2.05, 4.69) is 0 Å². The minimum absolute atomic E-state index is 0.131. The average molecular weight is 377 g/mol. The van der Waals surface area contributed by atoms with Gasteiger partial charge in [-0.3, -0.25) is 4.79 Å². The van der Waals surface area contributed by atoms with Gasteiger partial charge in [0.15, 0.2) is 21.3 Å². The van der Waals surface area contributed by atoms with E-state index in [1.165, 1.54) is 17.0 Å². The summed E-state index contributed by atoms with van der Waals surface area (Å²) < 4.78 is 34.0. The zero-order valence-electron chi connectivity index (χ0n) is 15.6. The van der Waals surface area contributed by atoms with Gasteiger partial charge in [0.05, 0.1) is 19.1 Å². The monoisotopic (exact) mass is 377 g/mol.